The van der Waals surface area contributed by atoms with Gasteiger partial charge in [-0.05, 0) is 25.5 Å². The minimum Gasteiger partial charge on any atom is -0.465 e. The zero-order valence-corrected chi connectivity index (χ0v) is 9.04. The number of carbonyl (C=O) groups is 1. The fourth-order valence-electron chi connectivity index (χ4n) is 1.21. The van der Waals surface area contributed by atoms with Crippen LogP contribution in [0.3, 0.4) is 0 Å². The van der Waals surface area contributed by atoms with Crippen molar-refractivity contribution in [2.75, 3.05) is 24.2 Å². The first kappa shape index (κ1) is 11.4. The molecular formula is C11H16N2O2. The van der Waals surface area contributed by atoms with Crippen molar-refractivity contribution in [3.8, 4) is 0 Å². The largest absolute Gasteiger partial charge is 0.465 e. The summed E-state index contributed by atoms with van der Waals surface area (Å²) < 4.78 is 4.79. The molecule has 4 heteroatoms. The molecule has 82 valence electrons. The van der Waals surface area contributed by atoms with E-state index in [0.29, 0.717) is 12.3 Å². The fraction of sp³-hybridized carbons (Fsp3) is 0.364. The van der Waals surface area contributed by atoms with Gasteiger partial charge in [-0.25, -0.2) is 0 Å². The van der Waals surface area contributed by atoms with Crippen molar-refractivity contribution in [2.24, 2.45) is 0 Å². The maximum atomic E-state index is 11.1. The Morgan fingerprint density at radius 3 is 2.93 bits per heavy atom. The highest BCUT2D eigenvalue weighted by atomic mass is 16.5. The second-order valence-electron chi connectivity index (χ2n) is 3.19. The zero-order valence-electron chi connectivity index (χ0n) is 9.04. The molecule has 0 aromatic heterocycles. The first-order chi connectivity index (χ1) is 7.15. The molecule has 1 rings (SSSR count). The number of carbonyl (C=O) groups excluding carboxylic acids is 1. The highest BCUT2D eigenvalue weighted by Crippen LogP contribution is 2.21. The molecule has 0 atom stereocenters. The van der Waals surface area contributed by atoms with Crippen LogP contribution in [0.15, 0.2) is 18.2 Å². The molecule has 0 aliphatic carbocycles. The van der Waals surface area contributed by atoms with Crippen molar-refractivity contribution in [3.05, 3.63) is 23.8 Å². The van der Waals surface area contributed by atoms with E-state index in [1.165, 1.54) is 0 Å². The predicted molar refractivity (Wildman–Crippen MR) is 60.7 cm³/mol. The standard InChI is InChI=1S/C11H16N2O2/c1-3-15-10(14)7-13-9-6-4-5-8(2)11(9)12/h4-6,13H,3,7,12H2,1-2H3. The van der Waals surface area contributed by atoms with Crippen molar-refractivity contribution in [1.82, 2.24) is 0 Å². The van der Waals surface area contributed by atoms with Crippen LogP contribution in [-0.4, -0.2) is 19.1 Å². The van der Waals surface area contributed by atoms with Crippen molar-refractivity contribution in [1.29, 1.82) is 0 Å². The molecule has 0 amide bonds. The lowest BCUT2D eigenvalue weighted by molar-refractivity contribution is -0.140. The van der Waals surface area contributed by atoms with Gasteiger partial charge in [-0.3, -0.25) is 4.79 Å². The average Bonchev–Trinajstić information content (AvgIpc) is 2.21. The highest BCUT2D eigenvalue weighted by molar-refractivity contribution is 5.78. The number of rotatable bonds is 4. The van der Waals surface area contributed by atoms with Crippen LogP contribution >= 0.6 is 0 Å². The van der Waals surface area contributed by atoms with Crippen molar-refractivity contribution >= 4 is 17.3 Å². The second-order valence-corrected chi connectivity index (χ2v) is 3.19. The Labute approximate surface area is 89.4 Å². The number of para-hydroxylation sites is 1. The molecule has 0 radical (unpaired) electrons. The number of anilines is 2. The fourth-order valence-corrected chi connectivity index (χ4v) is 1.21. The van der Waals surface area contributed by atoms with Crippen molar-refractivity contribution in [2.45, 2.75) is 13.8 Å². The van der Waals surface area contributed by atoms with Crippen molar-refractivity contribution in [3.63, 3.8) is 0 Å². The van der Waals surface area contributed by atoms with E-state index in [9.17, 15) is 4.79 Å². The van der Waals surface area contributed by atoms with Gasteiger partial charge in [0.15, 0.2) is 0 Å². The lowest BCUT2D eigenvalue weighted by atomic mass is 10.2. The molecule has 0 bridgehead atoms. The van der Waals surface area contributed by atoms with Gasteiger partial charge in [-0.2, -0.15) is 0 Å². The number of benzene rings is 1. The minimum atomic E-state index is -0.279. The average molecular weight is 208 g/mol. The predicted octanol–water partition coefficient (Wildman–Crippen LogP) is 1.55. The number of aryl methyl sites for hydroxylation is 1. The number of hydrogen-bond donors (Lipinski definition) is 2. The van der Waals surface area contributed by atoms with Gasteiger partial charge in [0.2, 0.25) is 0 Å². The Balaban J connectivity index is 2.58. The summed E-state index contributed by atoms with van der Waals surface area (Å²) in [6, 6.07) is 5.64. The minimum absolute atomic E-state index is 0.140. The summed E-state index contributed by atoms with van der Waals surface area (Å²) in [5.41, 5.74) is 8.25. The maximum Gasteiger partial charge on any atom is 0.325 e. The molecule has 1 aromatic carbocycles. The van der Waals surface area contributed by atoms with E-state index in [2.05, 4.69) is 5.32 Å². The third-order valence-corrected chi connectivity index (χ3v) is 2.05. The third kappa shape index (κ3) is 3.16. The molecular weight excluding hydrogens is 192 g/mol. The van der Waals surface area contributed by atoms with E-state index >= 15 is 0 Å². The zero-order chi connectivity index (χ0) is 11.3. The molecule has 0 aliphatic rings. The third-order valence-electron chi connectivity index (χ3n) is 2.05. The van der Waals surface area contributed by atoms with E-state index in [1.807, 2.05) is 25.1 Å². The van der Waals surface area contributed by atoms with E-state index in [1.54, 1.807) is 6.92 Å². The van der Waals surface area contributed by atoms with Crippen LogP contribution in [0.2, 0.25) is 0 Å². The molecule has 1 aromatic rings. The Bertz CT molecular complexity index is 350. The molecule has 4 nitrogen and oxygen atoms in total. The molecule has 0 aliphatic heterocycles. The summed E-state index contributed by atoms with van der Waals surface area (Å²) in [6.07, 6.45) is 0. The Hall–Kier alpha value is -1.71. The van der Waals surface area contributed by atoms with Crippen LogP contribution in [0, 0.1) is 6.92 Å². The number of hydrogen-bond acceptors (Lipinski definition) is 4. The number of ether oxygens (including phenoxy) is 1. The Kier molecular flexibility index (Phi) is 3.97. The summed E-state index contributed by atoms with van der Waals surface area (Å²) >= 11 is 0. The number of nitrogens with one attached hydrogen (secondary N) is 1. The smallest absolute Gasteiger partial charge is 0.325 e. The van der Waals surface area contributed by atoms with Gasteiger partial charge < -0.3 is 15.8 Å². The van der Waals surface area contributed by atoms with Gasteiger partial charge in [-0.1, -0.05) is 12.1 Å². The normalized spacial score (nSPS) is 9.73. The van der Waals surface area contributed by atoms with Crippen LogP contribution in [0.5, 0.6) is 0 Å². The lowest BCUT2D eigenvalue weighted by Crippen LogP contribution is -2.17. The van der Waals surface area contributed by atoms with E-state index < -0.39 is 0 Å². The van der Waals surface area contributed by atoms with Gasteiger partial charge in [0.1, 0.15) is 6.54 Å². The highest BCUT2D eigenvalue weighted by Gasteiger charge is 2.04. The summed E-state index contributed by atoms with van der Waals surface area (Å²) in [5, 5.41) is 2.94. The number of nitrogen functional groups attached to an aromatic ring is 1. The summed E-state index contributed by atoms with van der Waals surface area (Å²) in [6.45, 7) is 4.23. The Morgan fingerprint density at radius 1 is 1.53 bits per heavy atom. The summed E-state index contributed by atoms with van der Waals surface area (Å²) in [5.74, 6) is -0.279. The molecule has 0 heterocycles. The van der Waals surface area contributed by atoms with Gasteiger partial charge in [0.25, 0.3) is 0 Å². The van der Waals surface area contributed by atoms with Crippen LogP contribution in [0.1, 0.15) is 12.5 Å². The monoisotopic (exact) mass is 208 g/mol. The van der Waals surface area contributed by atoms with Gasteiger partial charge in [-0.15, -0.1) is 0 Å². The molecule has 0 spiro atoms. The molecule has 0 fully saturated rings. The second kappa shape index (κ2) is 5.24. The van der Waals surface area contributed by atoms with Crippen molar-refractivity contribution < 1.29 is 9.53 Å². The van der Waals surface area contributed by atoms with E-state index in [-0.39, 0.29) is 12.5 Å². The molecule has 0 saturated heterocycles. The maximum absolute atomic E-state index is 11.1. The van der Waals surface area contributed by atoms with Crippen LogP contribution in [-0.2, 0) is 9.53 Å². The SMILES string of the molecule is CCOC(=O)CNc1cccc(C)c1N. The van der Waals surface area contributed by atoms with Crippen LogP contribution < -0.4 is 11.1 Å². The van der Waals surface area contributed by atoms with Gasteiger partial charge in [0.05, 0.1) is 18.0 Å². The van der Waals surface area contributed by atoms with E-state index in [0.717, 1.165) is 11.3 Å². The molecule has 0 saturated carbocycles. The van der Waals surface area contributed by atoms with E-state index in [4.69, 9.17) is 10.5 Å². The van der Waals surface area contributed by atoms with Gasteiger partial charge >= 0.3 is 5.97 Å². The molecule has 3 N–H and O–H groups in total. The summed E-state index contributed by atoms with van der Waals surface area (Å²) in [4.78, 5) is 11.1. The Morgan fingerprint density at radius 2 is 2.27 bits per heavy atom. The molecule has 0 unspecified atom stereocenters. The quantitative estimate of drug-likeness (QED) is 0.582. The van der Waals surface area contributed by atoms with Crippen LogP contribution in [0.25, 0.3) is 0 Å². The first-order valence-corrected chi connectivity index (χ1v) is 4.89. The first-order valence-electron chi connectivity index (χ1n) is 4.89. The number of nitrogens with two attached hydrogens (primary N) is 1. The molecule has 15 heavy (non-hydrogen) atoms. The number of esters is 1. The van der Waals surface area contributed by atoms with Gasteiger partial charge in [0, 0.05) is 0 Å². The topological polar surface area (TPSA) is 64.3 Å². The lowest BCUT2D eigenvalue weighted by Gasteiger charge is -2.10. The van der Waals surface area contributed by atoms with Crippen LogP contribution in [0.4, 0.5) is 11.4 Å². The summed E-state index contributed by atoms with van der Waals surface area (Å²) in [7, 11) is 0.